The molecule has 4 rings (SSSR count). The summed E-state index contributed by atoms with van der Waals surface area (Å²) in [4.78, 5) is 12.1. The highest BCUT2D eigenvalue weighted by molar-refractivity contribution is 8.00. The van der Waals surface area contributed by atoms with Crippen molar-refractivity contribution in [1.82, 2.24) is 19.4 Å². The molecule has 0 saturated carbocycles. The highest BCUT2D eigenvalue weighted by Gasteiger charge is 2.28. The molecule has 5 heteroatoms. The minimum absolute atomic E-state index is 0.543. The summed E-state index contributed by atoms with van der Waals surface area (Å²) < 4.78 is 2.46. The summed E-state index contributed by atoms with van der Waals surface area (Å²) in [6.07, 6.45) is 6.93. The lowest BCUT2D eigenvalue weighted by molar-refractivity contribution is 0.341. The molecule has 2 aliphatic heterocycles. The molecule has 0 radical (unpaired) electrons. The molecule has 118 valence electrons. The van der Waals surface area contributed by atoms with E-state index in [9.17, 15) is 0 Å². The Morgan fingerprint density at radius 3 is 3.09 bits per heavy atom. The third kappa shape index (κ3) is 2.65. The highest BCUT2D eigenvalue weighted by Crippen LogP contribution is 2.32. The third-order valence-electron chi connectivity index (χ3n) is 5.02. The Morgan fingerprint density at radius 1 is 1.36 bits per heavy atom. The second-order valence-corrected chi connectivity index (χ2v) is 7.83. The number of aromatic nitrogens is 3. The lowest BCUT2D eigenvalue weighted by Gasteiger charge is -2.18. The molecule has 4 nitrogen and oxygen atoms in total. The van der Waals surface area contributed by atoms with E-state index in [4.69, 9.17) is 4.98 Å². The van der Waals surface area contributed by atoms with Crippen LogP contribution >= 0.6 is 11.8 Å². The van der Waals surface area contributed by atoms with Crippen LogP contribution in [0.4, 0.5) is 0 Å². The Hall–Kier alpha value is -1.07. The van der Waals surface area contributed by atoms with Crippen molar-refractivity contribution in [3.8, 4) is 0 Å². The van der Waals surface area contributed by atoms with Crippen LogP contribution in [-0.2, 0) is 6.42 Å². The Balaban J connectivity index is 1.70. The van der Waals surface area contributed by atoms with Crippen molar-refractivity contribution in [1.29, 1.82) is 0 Å². The number of pyridine rings is 1. The summed E-state index contributed by atoms with van der Waals surface area (Å²) in [5.74, 6) is 2.58. The van der Waals surface area contributed by atoms with Gasteiger partial charge in [-0.05, 0) is 43.7 Å². The molecule has 2 aromatic rings. The summed E-state index contributed by atoms with van der Waals surface area (Å²) >= 11 is 2.12. The first-order valence-electron chi connectivity index (χ1n) is 8.51. The van der Waals surface area contributed by atoms with Crippen LogP contribution in [0.25, 0.3) is 11.2 Å². The van der Waals surface area contributed by atoms with Crippen LogP contribution in [0.2, 0.25) is 0 Å². The zero-order chi connectivity index (χ0) is 14.9. The van der Waals surface area contributed by atoms with Crippen molar-refractivity contribution in [3.05, 3.63) is 24.2 Å². The van der Waals surface area contributed by atoms with E-state index in [1.165, 1.54) is 37.4 Å². The largest absolute Gasteiger partial charge is 0.308 e. The van der Waals surface area contributed by atoms with Gasteiger partial charge in [0.15, 0.2) is 5.65 Å². The first-order chi connectivity index (χ1) is 10.8. The predicted molar refractivity (Wildman–Crippen MR) is 92.5 cm³/mol. The second-order valence-electron chi connectivity index (χ2n) is 6.42. The lowest BCUT2D eigenvalue weighted by atomic mass is 10.2. The average molecular weight is 316 g/mol. The number of rotatable bonds is 4. The minimum Gasteiger partial charge on any atom is -0.308 e. The molecule has 0 N–H and O–H groups in total. The maximum absolute atomic E-state index is 4.94. The number of hydrogen-bond donors (Lipinski definition) is 0. The standard InChI is InChI=1S/C17H24N4S/c1-2-20-9-7-13(12-20)21-16(11-14-5-4-10-22-14)19-15-6-3-8-18-17(15)21/h3,6,8,13-14H,2,4-5,7,9-12H2,1H3. The zero-order valence-electron chi connectivity index (χ0n) is 13.2. The first kappa shape index (κ1) is 14.5. The fourth-order valence-corrected chi connectivity index (χ4v) is 5.09. The molecule has 2 atom stereocenters. The van der Waals surface area contributed by atoms with Crippen LogP contribution in [0.1, 0.15) is 38.1 Å². The zero-order valence-corrected chi connectivity index (χ0v) is 14.1. The lowest BCUT2D eigenvalue weighted by Crippen LogP contribution is -2.22. The SMILES string of the molecule is CCN1CCC(n2c(CC3CCCS3)nc3cccnc32)C1. The van der Waals surface area contributed by atoms with Crippen molar-refractivity contribution in [2.24, 2.45) is 0 Å². The molecule has 2 saturated heterocycles. The van der Waals surface area contributed by atoms with Crippen molar-refractivity contribution >= 4 is 22.9 Å². The van der Waals surface area contributed by atoms with Gasteiger partial charge >= 0.3 is 0 Å². The fourth-order valence-electron chi connectivity index (χ4n) is 3.82. The summed E-state index contributed by atoms with van der Waals surface area (Å²) in [6.45, 7) is 5.74. The highest BCUT2D eigenvalue weighted by atomic mass is 32.2. The first-order valence-corrected chi connectivity index (χ1v) is 9.56. The monoisotopic (exact) mass is 316 g/mol. The van der Waals surface area contributed by atoms with Gasteiger partial charge in [0.25, 0.3) is 0 Å². The quantitative estimate of drug-likeness (QED) is 0.868. The van der Waals surface area contributed by atoms with Gasteiger partial charge in [-0.25, -0.2) is 9.97 Å². The van der Waals surface area contributed by atoms with Gasteiger partial charge in [0.2, 0.25) is 0 Å². The Labute approximate surface area is 136 Å². The normalized spacial score (nSPS) is 26.2. The number of fused-ring (bicyclic) bond motifs is 1. The number of imidazole rings is 1. The summed E-state index contributed by atoms with van der Waals surface area (Å²) in [5, 5.41) is 0.749. The van der Waals surface area contributed by atoms with Gasteiger partial charge in [0.1, 0.15) is 11.3 Å². The molecule has 22 heavy (non-hydrogen) atoms. The van der Waals surface area contributed by atoms with Gasteiger partial charge in [-0.1, -0.05) is 6.92 Å². The van der Waals surface area contributed by atoms with Gasteiger partial charge in [-0.3, -0.25) is 0 Å². The van der Waals surface area contributed by atoms with E-state index in [0.717, 1.165) is 35.9 Å². The number of hydrogen-bond acceptors (Lipinski definition) is 4. The van der Waals surface area contributed by atoms with Crippen LogP contribution in [0.15, 0.2) is 18.3 Å². The molecule has 2 aromatic heterocycles. The van der Waals surface area contributed by atoms with E-state index in [1.54, 1.807) is 0 Å². The minimum atomic E-state index is 0.543. The predicted octanol–water partition coefficient (Wildman–Crippen LogP) is 3.14. The Kier molecular flexibility index (Phi) is 4.09. The van der Waals surface area contributed by atoms with E-state index < -0.39 is 0 Å². The van der Waals surface area contributed by atoms with Gasteiger partial charge in [-0.15, -0.1) is 0 Å². The Morgan fingerprint density at radius 2 is 2.32 bits per heavy atom. The third-order valence-corrected chi connectivity index (χ3v) is 6.41. The average Bonchev–Trinajstić information content (AvgIpc) is 3.25. The fraction of sp³-hybridized carbons (Fsp3) is 0.647. The van der Waals surface area contributed by atoms with Crippen LogP contribution in [0, 0.1) is 0 Å². The van der Waals surface area contributed by atoms with Crippen LogP contribution in [0.3, 0.4) is 0 Å². The molecule has 2 fully saturated rings. The summed E-state index contributed by atoms with van der Waals surface area (Å²) in [5.41, 5.74) is 2.15. The van der Waals surface area contributed by atoms with Gasteiger partial charge in [0.05, 0.1) is 6.04 Å². The van der Waals surface area contributed by atoms with E-state index in [1.807, 2.05) is 12.3 Å². The summed E-state index contributed by atoms with van der Waals surface area (Å²) in [7, 11) is 0. The molecule has 0 bridgehead atoms. The topological polar surface area (TPSA) is 34.0 Å². The summed E-state index contributed by atoms with van der Waals surface area (Å²) in [6, 6.07) is 4.65. The van der Waals surface area contributed by atoms with Gasteiger partial charge < -0.3 is 9.47 Å². The van der Waals surface area contributed by atoms with E-state index in [-0.39, 0.29) is 0 Å². The van der Waals surface area contributed by atoms with Crippen LogP contribution in [-0.4, -0.2) is 50.1 Å². The molecule has 0 aliphatic carbocycles. The van der Waals surface area contributed by atoms with Crippen molar-refractivity contribution < 1.29 is 0 Å². The van der Waals surface area contributed by atoms with Crippen LogP contribution in [0.5, 0.6) is 0 Å². The Bertz CT molecular complexity index is 647. The second kappa shape index (κ2) is 6.20. The molecular formula is C17H24N4S. The van der Waals surface area contributed by atoms with Crippen LogP contribution < -0.4 is 0 Å². The molecule has 4 heterocycles. The van der Waals surface area contributed by atoms with Crippen molar-refractivity contribution in [2.75, 3.05) is 25.4 Å². The van der Waals surface area contributed by atoms with E-state index in [2.05, 4.69) is 39.2 Å². The molecule has 0 aromatic carbocycles. The maximum Gasteiger partial charge on any atom is 0.160 e. The molecule has 0 spiro atoms. The van der Waals surface area contributed by atoms with Gasteiger partial charge in [-0.2, -0.15) is 11.8 Å². The number of thioether (sulfide) groups is 1. The molecule has 0 amide bonds. The molecule has 2 unspecified atom stereocenters. The number of likely N-dealkylation sites (tertiary alicyclic amines) is 1. The smallest absolute Gasteiger partial charge is 0.160 e. The maximum atomic E-state index is 4.94. The molecular weight excluding hydrogens is 292 g/mol. The van der Waals surface area contributed by atoms with Crippen molar-refractivity contribution in [3.63, 3.8) is 0 Å². The molecule has 2 aliphatic rings. The van der Waals surface area contributed by atoms with E-state index >= 15 is 0 Å². The number of likely N-dealkylation sites (N-methyl/N-ethyl adjacent to an activating group) is 1. The number of nitrogens with zero attached hydrogens (tertiary/aromatic N) is 4. The van der Waals surface area contributed by atoms with E-state index in [0.29, 0.717) is 6.04 Å². The van der Waals surface area contributed by atoms with Gasteiger partial charge in [0, 0.05) is 31.0 Å². The van der Waals surface area contributed by atoms with Crippen molar-refractivity contribution in [2.45, 2.75) is 43.9 Å².